The van der Waals surface area contributed by atoms with Crippen LogP contribution in [0, 0.1) is 11.7 Å². The van der Waals surface area contributed by atoms with Gasteiger partial charge in [-0.05, 0) is 68.6 Å². The number of anilines is 1. The first-order valence-electron chi connectivity index (χ1n) is 15.4. The summed E-state index contributed by atoms with van der Waals surface area (Å²) in [5.74, 6) is -1.57. The molecule has 4 aliphatic rings. The molecule has 10 heteroatoms. The fourth-order valence-corrected chi connectivity index (χ4v) is 7.98. The quantitative estimate of drug-likeness (QED) is 0.322. The van der Waals surface area contributed by atoms with Crippen molar-refractivity contribution in [2.24, 2.45) is 5.92 Å². The molecule has 0 spiro atoms. The van der Waals surface area contributed by atoms with Gasteiger partial charge in [-0.3, -0.25) is 9.36 Å². The average Bonchev–Trinajstić information content (AvgIpc) is 2.96. The maximum absolute atomic E-state index is 15.8. The lowest BCUT2D eigenvalue weighted by atomic mass is 9.88. The molecular formula is C32H40F3N5OS. The number of nitrogens with zero attached hydrogens (tertiary/aromatic N) is 4. The molecule has 226 valence electrons. The largest absolute Gasteiger partial charge is 0.363 e. The summed E-state index contributed by atoms with van der Waals surface area (Å²) in [6.07, 6.45) is 8.01. The van der Waals surface area contributed by atoms with E-state index in [1.807, 2.05) is 17.8 Å². The minimum absolute atomic E-state index is 0.0174. The van der Waals surface area contributed by atoms with Crippen molar-refractivity contribution in [2.45, 2.75) is 82.7 Å². The number of aryl methyl sites for hydroxylation is 1. The van der Waals surface area contributed by atoms with Crippen LogP contribution in [0.5, 0.6) is 0 Å². The fourth-order valence-electron chi connectivity index (χ4n) is 6.87. The summed E-state index contributed by atoms with van der Waals surface area (Å²) in [5, 5.41) is 4.00. The van der Waals surface area contributed by atoms with E-state index in [-0.39, 0.29) is 29.4 Å². The molecule has 4 aliphatic heterocycles. The zero-order chi connectivity index (χ0) is 29.3. The van der Waals surface area contributed by atoms with E-state index < -0.39 is 23.3 Å². The van der Waals surface area contributed by atoms with Gasteiger partial charge in [-0.1, -0.05) is 37.5 Å². The first-order chi connectivity index (χ1) is 20.3. The van der Waals surface area contributed by atoms with Crippen LogP contribution < -0.4 is 10.9 Å². The third-order valence-electron chi connectivity index (χ3n) is 9.25. The van der Waals surface area contributed by atoms with Crippen LogP contribution in [0.1, 0.15) is 86.9 Å². The molecule has 2 saturated heterocycles. The Labute approximate surface area is 249 Å². The second-order valence-electron chi connectivity index (χ2n) is 12.3. The first-order valence-corrected chi connectivity index (χ1v) is 16.6. The number of fused-ring (bicyclic) bond motifs is 8. The molecular weight excluding hydrogens is 559 g/mol. The summed E-state index contributed by atoms with van der Waals surface area (Å²) >= 11 is 1.92. The molecule has 1 N–H and O–H groups in total. The van der Waals surface area contributed by atoms with E-state index >= 15 is 13.2 Å². The standard InChI is InChI=1S/C32H40F3N5OS/c1-21-24-8-7-9-27(28(24)33)32(34,35)17-22-18-39(19-22)12-5-3-2-4-6-13-40-30-26(29(38-21)36-20-37-30)16-25(31(40)41)23-10-14-42-15-11-23/h7-9,16,20-23H,2-6,10-15,17-19H2,1H3,(H,36,37,38)/t21-/m1/s1. The van der Waals surface area contributed by atoms with Crippen molar-refractivity contribution < 1.29 is 13.2 Å². The summed E-state index contributed by atoms with van der Waals surface area (Å²) in [5.41, 5.74) is 0.976. The van der Waals surface area contributed by atoms with Gasteiger partial charge in [-0.2, -0.15) is 11.8 Å². The molecule has 6 nitrogen and oxygen atoms in total. The number of pyridine rings is 1. The third kappa shape index (κ3) is 6.07. The van der Waals surface area contributed by atoms with Gasteiger partial charge in [0, 0.05) is 37.2 Å². The predicted octanol–water partition coefficient (Wildman–Crippen LogP) is 7.09. The molecule has 0 aliphatic carbocycles. The van der Waals surface area contributed by atoms with Crippen molar-refractivity contribution in [3.63, 3.8) is 0 Å². The molecule has 7 rings (SSSR count). The number of rotatable bonds is 1. The van der Waals surface area contributed by atoms with Crippen LogP contribution in [-0.4, -0.2) is 50.6 Å². The van der Waals surface area contributed by atoms with Crippen molar-refractivity contribution in [2.75, 3.05) is 36.5 Å². The van der Waals surface area contributed by atoms with E-state index in [0.717, 1.165) is 68.6 Å². The van der Waals surface area contributed by atoms with Gasteiger partial charge in [0.2, 0.25) is 0 Å². The van der Waals surface area contributed by atoms with Crippen LogP contribution in [0.4, 0.5) is 19.0 Å². The van der Waals surface area contributed by atoms with Crippen LogP contribution >= 0.6 is 11.8 Å². The van der Waals surface area contributed by atoms with Gasteiger partial charge in [0.25, 0.3) is 11.5 Å². The Balaban J connectivity index is 1.40. The zero-order valence-electron chi connectivity index (χ0n) is 24.3. The molecule has 42 heavy (non-hydrogen) atoms. The normalized spacial score (nSPS) is 25.8. The Morgan fingerprint density at radius 3 is 2.52 bits per heavy atom. The van der Waals surface area contributed by atoms with Crippen LogP contribution in [-0.2, 0) is 12.5 Å². The zero-order valence-corrected chi connectivity index (χ0v) is 25.1. The third-order valence-corrected chi connectivity index (χ3v) is 10.3. The van der Waals surface area contributed by atoms with Gasteiger partial charge < -0.3 is 10.2 Å². The second-order valence-corrected chi connectivity index (χ2v) is 13.5. The van der Waals surface area contributed by atoms with E-state index in [2.05, 4.69) is 20.2 Å². The molecule has 2 aromatic heterocycles. The monoisotopic (exact) mass is 599 g/mol. The van der Waals surface area contributed by atoms with Gasteiger partial charge in [-0.25, -0.2) is 23.1 Å². The lowest BCUT2D eigenvalue weighted by Gasteiger charge is -2.41. The topological polar surface area (TPSA) is 63.1 Å². The lowest BCUT2D eigenvalue weighted by Crippen LogP contribution is -2.48. The van der Waals surface area contributed by atoms with Gasteiger partial charge >= 0.3 is 0 Å². The van der Waals surface area contributed by atoms with E-state index in [1.54, 1.807) is 17.6 Å². The smallest absolute Gasteiger partial charge is 0.276 e. The maximum atomic E-state index is 15.8. The molecule has 8 bridgehead atoms. The lowest BCUT2D eigenvalue weighted by molar-refractivity contribution is -0.0592. The van der Waals surface area contributed by atoms with E-state index in [4.69, 9.17) is 0 Å². The van der Waals surface area contributed by atoms with Crippen molar-refractivity contribution in [3.05, 3.63) is 63.5 Å². The maximum Gasteiger partial charge on any atom is 0.276 e. The van der Waals surface area contributed by atoms with Crippen LogP contribution in [0.2, 0.25) is 0 Å². The van der Waals surface area contributed by atoms with Gasteiger partial charge in [-0.15, -0.1) is 0 Å². The highest BCUT2D eigenvalue weighted by atomic mass is 32.2. The average molecular weight is 600 g/mol. The summed E-state index contributed by atoms with van der Waals surface area (Å²) < 4.78 is 48.4. The van der Waals surface area contributed by atoms with Crippen LogP contribution in [0.15, 0.2) is 35.4 Å². The first kappa shape index (κ1) is 29.5. The van der Waals surface area contributed by atoms with Gasteiger partial charge in [0.15, 0.2) is 0 Å². The van der Waals surface area contributed by atoms with Crippen molar-refractivity contribution >= 4 is 28.6 Å². The van der Waals surface area contributed by atoms with Crippen LogP contribution in [0.25, 0.3) is 11.0 Å². The number of nitrogens with one attached hydrogen (secondary N) is 1. The number of aromatic nitrogens is 3. The Morgan fingerprint density at radius 1 is 1.00 bits per heavy atom. The minimum atomic E-state index is -3.25. The second kappa shape index (κ2) is 12.6. The molecule has 0 radical (unpaired) electrons. The van der Waals surface area contributed by atoms with Crippen molar-refractivity contribution in [1.82, 2.24) is 19.4 Å². The number of hydrogen-bond donors (Lipinski definition) is 1. The molecule has 1 atom stereocenters. The number of hydrogen-bond acceptors (Lipinski definition) is 6. The predicted molar refractivity (Wildman–Crippen MR) is 163 cm³/mol. The molecule has 0 saturated carbocycles. The van der Waals surface area contributed by atoms with Crippen LogP contribution in [0.3, 0.4) is 0 Å². The van der Waals surface area contributed by atoms with E-state index in [1.165, 1.54) is 18.5 Å². The molecule has 0 unspecified atom stereocenters. The Bertz CT molecular complexity index is 1470. The van der Waals surface area contributed by atoms with Gasteiger partial charge in [0.05, 0.1) is 17.0 Å². The Kier molecular flexibility index (Phi) is 8.82. The van der Waals surface area contributed by atoms with Crippen molar-refractivity contribution in [3.8, 4) is 0 Å². The molecule has 2 fully saturated rings. The Hall–Kier alpha value is -2.59. The minimum Gasteiger partial charge on any atom is -0.363 e. The number of alkyl halides is 2. The van der Waals surface area contributed by atoms with Crippen molar-refractivity contribution in [1.29, 1.82) is 0 Å². The van der Waals surface area contributed by atoms with E-state index in [9.17, 15) is 4.79 Å². The summed E-state index contributed by atoms with van der Waals surface area (Å²) in [7, 11) is 0. The summed E-state index contributed by atoms with van der Waals surface area (Å²) in [6.45, 7) is 4.51. The summed E-state index contributed by atoms with van der Waals surface area (Å²) in [6, 6.07) is 5.56. The number of thioether (sulfide) groups is 1. The number of halogens is 3. The van der Waals surface area contributed by atoms with Gasteiger partial charge in [0.1, 0.15) is 23.6 Å². The highest BCUT2D eigenvalue weighted by molar-refractivity contribution is 7.99. The number of benzene rings is 1. The molecule has 3 aromatic rings. The summed E-state index contributed by atoms with van der Waals surface area (Å²) in [4.78, 5) is 25.1. The highest BCUT2D eigenvalue weighted by Crippen LogP contribution is 2.41. The fraction of sp³-hybridized carbons (Fsp3) is 0.594. The SMILES string of the molecule is C[C@H]1Nc2ncnc3c2cc(C2CCSCC2)c(=O)n3CCCCCCCN2CC(C2)CC(F)(F)c2cccc1c2F. The molecule has 6 heterocycles. The molecule has 1 aromatic carbocycles. The highest BCUT2D eigenvalue weighted by Gasteiger charge is 2.41. The Morgan fingerprint density at radius 2 is 1.74 bits per heavy atom. The van der Waals surface area contributed by atoms with E-state index in [0.29, 0.717) is 36.5 Å². The molecule has 0 amide bonds.